The molecule has 3 rings (SSSR count). The Morgan fingerprint density at radius 2 is 0.923 bits per heavy atom. The molecule has 3 aliphatic rings. The molecule has 0 bridgehead atoms. The van der Waals surface area contributed by atoms with Crippen LogP contribution in [0.4, 0.5) is 0 Å². The predicted molar refractivity (Wildman–Crippen MR) is 105 cm³/mol. The van der Waals surface area contributed by atoms with Gasteiger partial charge in [-0.3, -0.25) is 0 Å². The number of rotatable bonds is 2. The van der Waals surface area contributed by atoms with Crippen LogP contribution in [0.15, 0.2) is 0 Å². The third kappa shape index (κ3) is 4.97. The maximum atomic E-state index is 10.9. The molecule has 2 saturated carbocycles. The molecule has 1 heterocycles. The Balaban J connectivity index is 1.84. The van der Waals surface area contributed by atoms with E-state index in [1.165, 1.54) is 12.8 Å². The van der Waals surface area contributed by atoms with E-state index in [1.807, 2.05) is 0 Å². The van der Waals surface area contributed by atoms with Gasteiger partial charge in [0.05, 0.1) is 13.1 Å². The molecule has 0 spiro atoms. The fourth-order valence-electron chi connectivity index (χ4n) is 5.71. The monoisotopic (exact) mass is 369 g/mol. The van der Waals surface area contributed by atoms with E-state index in [4.69, 9.17) is 0 Å². The van der Waals surface area contributed by atoms with Gasteiger partial charge in [0.15, 0.2) is 0 Å². The highest BCUT2D eigenvalue weighted by Gasteiger charge is 2.50. The van der Waals surface area contributed by atoms with Crippen molar-refractivity contribution in [3.63, 3.8) is 0 Å². The van der Waals surface area contributed by atoms with Crippen molar-refractivity contribution in [3.8, 4) is 0 Å². The standard InChI is InChI=1S/C20H41N4O2/c25-19-7-3-1-5-17(19)24(18-6-2-4-8-20(18)26)15-13-22-11-9-21-10-12-23-14-16-24/h17-23,25-26H,1-16H2/q+1. The second-order valence-corrected chi connectivity index (χ2v) is 8.64. The minimum Gasteiger partial charge on any atom is -0.387 e. The highest BCUT2D eigenvalue weighted by molar-refractivity contribution is 4.84. The van der Waals surface area contributed by atoms with Gasteiger partial charge in [-0.1, -0.05) is 12.8 Å². The van der Waals surface area contributed by atoms with Crippen LogP contribution in [0.25, 0.3) is 0 Å². The molecule has 1 aliphatic heterocycles. The SMILES string of the molecule is OC1CCCCC1[N+]1(C2CCCCC2O)CCNCCNCCNCC1. The summed E-state index contributed by atoms with van der Waals surface area (Å²) in [6.07, 6.45) is 8.36. The topological polar surface area (TPSA) is 76.5 Å². The Morgan fingerprint density at radius 3 is 1.35 bits per heavy atom. The first kappa shape index (κ1) is 20.5. The maximum Gasteiger partial charge on any atom is 0.116 e. The fraction of sp³-hybridized carbons (Fsp3) is 1.00. The molecule has 1 saturated heterocycles. The molecule has 4 atom stereocenters. The second kappa shape index (κ2) is 10.3. The Labute approximate surface area is 159 Å². The van der Waals surface area contributed by atoms with Crippen molar-refractivity contribution in [2.45, 2.75) is 75.7 Å². The van der Waals surface area contributed by atoms with Crippen molar-refractivity contribution in [2.75, 3.05) is 52.4 Å². The summed E-state index contributed by atoms with van der Waals surface area (Å²) in [7, 11) is 0. The Kier molecular flexibility index (Phi) is 8.15. The lowest BCUT2D eigenvalue weighted by atomic mass is 9.82. The van der Waals surface area contributed by atoms with Gasteiger partial charge >= 0.3 is 0 Å². The molecule has 2 aliphatic carbocycles. The van der Waals surface area contributed by atoms with Gasteiger partial charge in [-0.2, -0.15) is 0 Å². The summed E-state index contributed by atoms with van der Waals surface area (Å²) < 4.78 is 0.912. The minimum atomic E-state index is -0.215. The molecule has 0 aromatic rings. The summed E-state index contributed by atoms with van der Waals surface area (Å²) in [5.74, 6) is 0. The highest BCUT2D eigenvalue weighted by Crippen LogP contribution is 2.37. The zero-order chi connectivity index (χ0) is 18.2. The van der Waals surface area contributed by atoms with Crippen molar-refractivity contribution >= 4 is 0 Å². The van der Waals surface area contributed by atoms with Crippen LogP contribution in [0.1, 0.15) is 51.4 Å². The van der Waals surface area contributed by atoms with Gasteiger partial charge in [0.25, 0.3) is 0 Å². The van der Waals surface area contributed by atoms with Crippen LogP contribution in [-0.2, 0) is 0 Å². The van der Waals surface area contributed by atoms with E-state index in [-0.39, 0.29) is 24.3 Å². The third-order valence-corrected chi connectivity index (χ3v) is 7.08. The molecule has 6 heteroatoms. The van der Waals surface area contributed by atoms with E-state index in [0.717, 1.165) is 95.4 Å². The summed E-state index contributed by atoms with van der Waals surface area (Å²) >= 11 is 0. The van der Waals surface area contributed by atoms with Crippen LogP contribution < -0.4 is 16.0 Å². The molecule has 0 radical (unpaired) electrons. The zero-order valence-corrected chi connectivity index (χ0v) is 16.5. The van der Waals surface area contributed by atoms with E-state index >= 15 is 0 Å². The Bertz CT molecular complexity index is 373. The summed E-state index contributed by atoms with van der Waals surface area (Å²) in [4.78, 5) is 0. The average molecular weight is 370 g/mol. The summed E-state index contributed by atoms with van der Waals surface area (Å²) in [6.45, 7) is 7.94. The summed E-state index contributed by atoms with van der Waals surface area (Å²) in [5.41, 5.74) is 0. The van der Waals surface area contributed by atoms with Crippen LogP contribution in [0.5, 0.6) is 0 Å². The van der Waals surface area contributed by atoms with Crippen molar-refractivity contribution in [1.29, 1.82) is 0 Å². The van der Waals surface area contributed by atoms with Gasteiger partial charge in [-0.15, -0.1) is 0 Å². The number of quaternary nitrogens is 1. The Hall–Kier alpha value is -0.240. The van der Waals surface area contributed by atoms with E-state index in [1.54, 1.807) is 0 Å². The number of hydrogen-bond donors (Lipinski definition) is 5. The molecule has 0 aromatic heterocycles. The molecule has 4 unspecified atom stereocenters. The van der Waals surface area contributed by atoms with E-state index in [9.17, 15) is 10.2 Å². The molecular weight excluding hydrogens is 328 g/mol. The zero-order valence-electron chi connectivity index (χ0n) is 16.5. The molecule has 152 valence electrons. The van der Waals surface area contributed by atoms with Gasteiger partial charge in [-0.05, 0) is 25.7 Å². The van der Waals surface area contributed by atoms with Crippen molar-refractivity contribution in [2.24, 2.45) is 0 Å². The lowest BCUT2D eigenvalue weighted by Gasteiger charge is -2.55. The first-order valence-electron chi connectivity index (χ1n) is 11.1. The fourth-order valence-corrected chi connectivity index (χ4v) is 5.71. The van der Waals surface area contributed by atoms with Crippen LogP contribution in [0.3, 0.4) is 0 Å². The molecule has 26 heavy (non-hydrogen) atoms. The first-order chi connectivity index (χ1) is 12.7. The van der Waals surface area contributed by atoms with E-state index < -0.39 is 0 Å². The quantitative estimate of drug-likeness (QED) is 0.450. The molecular formula is C20H41N4O2+. The van der Waals surface area contributed by atoms with Gasteiger partial charge in [-0.25, -0.2) is 0 Å². The van der Waals surface area contributed by atoms with E-state index in [2.05, 4.69) is 16.0 Å². The number of nitrogens with one attached hydrogen (secondary N) is 3. The van der Waals surface area contributed by atoms with Crippen molar-refractivity contribution < 1.29 is 14.7 Å². The van der Waals surface area contributed by atoms with Gasteiger partial charge in [0.1, 0.15) is 24.3 Å². The largest absolute Gasteiger partial charge is 0.387 e. The second-order valence-electron chi connectivity index (χ2n) is 8.64. The Morgan fingerprint density at radius 1 is 0.538 bits per heavy atom. The molecule has 6 nitrogen and oxygen atoms in total. The summed E-state index contributed by atoms with van der Waals surface area (Å²) in [6, 6.07) is 0.567. The molecule has 3 fully saturated rings. The highest BCUT2D eigenvalue weighted by atomic mass is 16.3. The predicted octanol–water partition coefficient (Wildman–Crippen LogP) is 0.193. The lowest BCUT2D eigenvalue weighted by Crippen LogP contribution is -2.71. The summed E-state index contributed by atoms with van der Waals surface area (Å²) in [5, 5.41) is 32.6. The van der Waals surface area contributed by atoms with E-state index in [0.29, 0.717) is 0 Å². The lowest BCUT2D eigenvalue weighted by molar-refractivity contribution is -0.979. The van der Waals surface area contributed by atoms with Crippen LogP contribution in [-0.4, -0.2) is 91.3 Å². The molecule has 0 amide bonds. The molecule has 5 N–H and O–H groups in total. The smallest absolute Gasteiger partial charge is 0.116 e. The van der Waals surface area contributed by atoms with Crippen LogP contribution in [0, 0.1) is 0 Å². The molecule has 0 aromatic carbocycles. The number of hydrogen-bond acceptors (Lipinski definition) is 5. The average Bonchev–Trinajstić information content (AvgIpc) is 2.64. The maximum absolute atomic E-state index is 10.9. The van der Waals surface area contributed by atoms with Crippen molar-refractivity contribution in [1.82, 2.24) is 16.0 Å². The van der Waals surface area contributed by atoms with Gasteiger partial charge in [0.2, 0.25) is 0 Å². The first-order valence-corrected chi connectivity index (χ1v) is 11.1. The third-order valence-electron chi connectivity index (χ3n) is 7.08. The minimum absolute atomic E-state index is 0.215. The van der Waals surface area contributed by atoms with Crippen molar-refractivity contribution in [3.05, 3.63) is 0 Å². The van der Waals surface area contributed by atoms with Crippen LogP contribution >= 0.6 is 0 Å². The van der Waals surface area contributed by atoms with Gasteiger partial charge in [0, 0.05) is 52.1 Å². The number of nitrogens with zero attached hydrogens (tertiary/aromatic N) is 1. The van der Waals surface area contributed by atoms with Gasteiger partial charge < -0.3 is 30.6 Å². The van der Waals surface area contributed by atoms with Crippen LogP contribution in [0.2, 0.25) is 0 Å². The number of aliphatic hydroxyl groups excluding tert-OH is 2. The normalized spacial score (nSPS) is 38.1. The number of aliphatic hydroxyl groups is 2.